The van der Waals surface area contributed by atoms with Crippen molar-refractivity contribution in [3.05, 3.63) is 58.1 Å². The van der Waals surface area contributed by atoms with E-state index in [1.165, 1.54) is 24.9 Å². The molecule has 9 nitrogen and oxygen atoms in total. The van der Waals surface area contributed by atoms with Crippen molar-refractivity contribution in [1.82, 2.24) is 19.4 Å². The van der Waals surface area contributed by atoms with Crippen LogP contribution in [0.25, 0.3) is 0 Å². The first-order valence-electron chi connectivity index (χ1n) is 20.0. The number of amides is 1. The number of piperazine rings is 2. The Hall–Kier alpha value is -2.37. The van der Waals surface area contributed by atoms with Crippen LogP contribution in [0.5, 0.6) is 5.75 Å². The van der Waals surface area contributed by atoms with Crippen LogP contribution in [0.2, 0.25) is 5.02 Å². The molecule has 0 aromatic heterocycles. The number of fused-ring (bicyclic) bond motifs is 3. The Labute approximate surface area is 316 Å². The first kappa shape index (κ1) is 36.6. The molecule has 2 aliphatic carbocycles. The molecule has 52 heavy (non-hydrogen) atoms. The highest BCUT2D eigenvalue weighted by molar-refractivity contribution is 7.90. The molecule has 4 heterocycles. The lowest BCUT2D eigenvalue weighted by molar-refractivity contribution is -0.00329. The number of nitrogens with zero attached hydrogens (tertiary/aromatic N) is 4. The van der Waals surface area contributed by atoms with E-state index < -0.39 is 21.2 Å². The highest BCUT2D eigenvalue weighted by Crippen LogP contribution is 2.73. The number of hydrogen-bond acceptors (Lipinski definition) is 8. The van der Waals surface area contributed by atoms with E-state index >= 15 is 0 Å². The summed E-state index contributed by atoms with van der Waals surface area (Å²) < 4.78 is 36.3. The SMILES string of the molecule is C[C@@H]1[C@@H](C)CCC[C@H](CN2CCN3CCN(C)C[C@H]3C2)[C@@H]2CC3CC32CN2CCCCc3cc(Cl)ccc3COc3ccc(cc32)C(=O)NS1(=O)=O. The van der Waals surface area contributed by atoms with Gasteiger partial charge in [0.25, 0.3) is 5.91 Å². The van der Waals surface area contributed by atoms with Gasteiger partial charge in [-0.1, -0.05) is 31.0 Å². The molecule has 2 unspecified atom stereocenters. The predicted octanol–water partition coefficient (Wildman–Crippen LogP) is 5.90. The molecule has 1 N–H and O–H groups in total. The number of carbonyl (C=O) groups is 1. The van der Waals surface area contributed by atoms with Crippen molar-refractivity contribution in [2.24, 2.45) is 29.1 Å². The molecular formula is C41H58ClN5O4S. The van der Waals surface area contributed by atoms with Gasteiger partial charge in [-0.15, -0.1) is 0 Å². The quantitative estimate of drug-likeness (QED) is 0.406. The van der Waals surface area contributed by atoms with Crippen LogP contribution >= 0.6 is 11.6 Å². The van der Waals surface area contributed by atoms with Crippen LogP contribution in [0, 0.1) is 29.1 Å². The van der Waals surface area contributed by atoms with Crippen LogP contribution in [0.1, 0.15) is 80.3 Å². The van der Waals surface area contributed by atoms with Crippen molar-refractivity contribution in [3.8, 4) is 5.75 Å². The van der Waals surface area contributed by atoms with Crippen molar-refractivity contribution in [1.29, 1.82) is 0 Å². The Morgan fingerprint density at radius 1 is 0.962 bits per heavy atom. The molecular weight excluding hydrogens is 694 g/mol. The number of sulfonamides is 1. The van der Waals surface area contributed by atoms with E-state index in [4.69, 9.17) is 16.3 Å². The molecule has 7 atom stereocenters. The number of rotatable bonds is 2. The van der Waals surface area contributed by atoms with E-state index in [2.05, 4.69) is 43.5 Å². The van der Waals surface area contributed by atoms with Crippen molar-refractivity contribution >= 4 is 33.2 Å². The molecule has 2 bridgehead atoms. The molecule has 1 amide bonds. The lowest BCUT2D eigenvalue weighted by Crippen LogP contribution is -2.62. The Kier molecular flexibility index (Phi) is 10.3. The molecule has 1 spiro atoms. The molecule has 4 aliphatic heterocycles. The van der Waals surface area contributed by atoms with E-state index in [9.17, 15) is 13.2 Å². The third kappa shape index (κ3) is 7.36. The molecule has 6 aliphatic rings. The fraction of sp³-hybridized carbons (Fsp3) is 0.683. The van der Waals surface area contributed by atoms with Crippen molar-refractivity contribution in [3.63, 3.8) is 0 Å². The van der Waals surface area contributed by atoms with Gasteiger partial charge in [0.2, 0.25) is 10.0 Å². The second-order valence-electron chi connectivity index (χ2n) is 17.3. The fourth-order valence-electron chi connectivity index (χ4n) is 10.6. The molecule has 4 fully saturated rings. The zero-order valence-electron chi connectivity index (χ0n) is 31.4. The number of anilines is 1. The van der Waals surface area contributed by atoms with E-state index in [1.807, 2.05) is 25.1 Å². The molecule has 2 saturated carbocycles. The van der Waals surface area contributed by atoms with E-state index in [0.29, 0.717) is 30.0 Å². The number of ether oxygens (including phenoxy) is 1. The topological polar surface area (TPSA) is 85.4 Å². The fourth-order valence-corrected chi connectivity index (χ4v) is 12.1. The van der Waals surface area contributed by atoms with Crippen LogP contribution in [0.3, 0.4) is 0 Å². The van der Waals surface area contributed by atoms with Crippen LogP contribution in [-0.4, -0.2) is 106 Å². The first-order chi connectivity index (χ1) is 25.0. The van der Waals surface area contributed by atoms with Crippen LogP contribution < -0.4 is 14.4 Å². The first-order valence-corrected chi connectivity index (χ1v) is 21.9. The van der Waals surface area contributed by atoms with Gasteiger partial charge in [-0.05, 0) is 129 Å². The van der Waals surface area contributed by atoms with Gasteiger partial charge in [0, 0.05) is 75.5 Å². The lowest BCUT2D eigenvalue weighted by Gasteiger charge is -2.50. The van der Waals surface area contributed by atoms with Crippen LogP contribution in [-0.2, 0) is 23.1 Å². The van der Waals surface area contributed by atoms with Gasteiger partial charge in [-0.3, -0.25) is 9.69 Å². The van der Waals surface area contributed by atoms with E-state index in [-0.39, 0.29) is 11.3 Å². The third-order valence-electron chi connectivity index (χ3n) is 14.1. The Morgan fingerprint density at radius 3 is 2.63 bits per heavy atom. The summed E-state index contributed by atoms with van der Waals surface area (Å²) in [5.41, 5.74) is 3.88. The second-order valence-corrected chi connectivity index (χ2v) is 19.8. The lowest BCUT2D eigenvalue weighted by atomic mass is 9.64. The van der Waals surface area contributed by atoms with Gasteiger partial charge >= 0.3 is 0 Å². The molecule has 2 aromatic rings. The van der Waals surface area contributed by atoms with Gasteiger partial charge < -0.3 is 19.4 Å². The zero-order valence-corrected chi connectivity index (χ0v) is 32.9. The summed E-state index contributed by atoms with van der Waals surface area (Å²) in [6, 6.07) is 12.1. The Morgan fingerprint density at radius 2 is 1.81 bits per heavy atom. The normalized spacial score (nSPS) is 34.5. The maximum atomic E-state index is 13.7. The number of likely N-dealkylation sites (N-methyl/N-ethyl adjacent to an activating group) is 1. The molecule has 8 rings (SSSR count). The molecule has 284 valence electrons. The highest BCUT2D eigenvalue weighted by atomic mass is 35.5. The highest BCUT2D eigenvalue weighted by Gasteiger charge is 2.69. The van der Waals surface area contributed by atoms with Gasteiger partial charge in [-0.2, -0.15) is 0 Å². The van der Waals surface area contributed by atoms with Gasteiger partial charge in [-0.25, -0.2) is 13.1 Å². The van der Waals surface area contributed by atoms with Crippen LogP contribution in [0.15, 0.2) is 36.4 Å². The summed E-state index contributed by atoms with van der Waals surface area (Å²) in [6.45, 7) is 14.1. The molecule has 2 saturated heterocycles. The summed E-state index contributed by atoms with van der Waals surface area (Å²) in [4.78, 5) is 24.1. The maximum Gasteiger partial charge on any atom is 0.264 e. The van der Waals surface area contributed by atoms with Crippen molar-refractivity contribution in [2.75, 3.05) is 70.9 Å². The summed E-state index contributed by atoms with van der Waals surface area (Å²) in [5, 5.41) is 0.0714. The largest absolute Gasteiger partial charge is 0.487 e. The van der Waals surface area contributed by atoms with Gasteiger partial charge in [0.15, 0.2) is 0 Å². The van der Waals surface area contributed by atoms with Crippen molar-refractivity contribution < 1.29 is 17.9 Å². The minimum Gasteiger partial charge on any atom is -0.487 e. The summed E-state index contributed by atoms with van der Waals surface area (Å²) >= 11 is 6.43. The number of carbonyl (C=O) groups excluding carboxylic acids is 1. The summed E-state index contributed by atoms with van der Waals surface area (Å²) in [6.07, 6.45) is 8.51. The third-order valence-corrected chi connectivity index (χ3v) is 16.2. The van der Waals surface area contributed by atoms with Crippen LogP contribution in [0.4, 0.5) is 5.69 Å². The average molecular weight is 752 g/mol. The maximum absolute atomic E-state index is 13.7. The predicted molar refractivity (Wildman–Crippen MR) is 208 cm³/mol. The number of aryl methyl sites for hydroxylation is 1. The van der Waals surface area contributed by atoms with Crippen molar-refractivity contribution in [2.45, 2.75) is 83.1 Å². The number of nitrogens with one attached hydrogen (secondary N) is 1. The standard InChI is InChI=1S/C41H58ClN5O4S/c1-28-7-6-9-32(23-45-16-18-46-17-15-44(3)24-36(46)25-45)37-21-34-22-41(34,37)27-47-14-5-4-8-30-19-35(42)12-10-33(30)26-51-39-13-11-31(20-38(39)47)40(48)43-52(49,50)29(28)2/h10-13,19-20,28-29,32,34,36-37H,4-9,14-18,21-27H2,1-3H3,(H,43,48)/t28-,29+,32+,34?,36-,37-,41?/m0/s1. The van der Waals surface area contributed by atoms with E-state index in [0.717, 1.165) is 119 Å². The number of benzene rings is 2. The Bertz CT molecular complexity index is 1760. The summed E-state index contributed by atoms with van der Waals surface area (Å²) in [5.74, 6) is 2.10. The van der Waals surface area contributed by atoms with E-state index in [1.54, 1.807) is 13.0 Å². The second kappa shape index (κ2) is 14.7. The number of hydrogen-bond donors (Lipinski definition) is 1. The minimum absolute atomic E-state index is 0.0572. The number of halogens is 1. The monoisotopic (exact) mass is 751 g/mol. The zero-order chi connectivity index (χ0) is 36.2. The Balaban J connectivity index is 1.12. The smallest absolute Gasteiger partial charge is 0.264 e. The molecule has 11 heteroatoms. The average Bonchev–Trinajstić information content (AvgIpc) is 3.69. The summed E-state index contributed by atoms with van der Waals surface area (Å²) in [7, 11) is -1.61. The van der Waals surface area contributed by atoms with Gasteiger partial charge in [0.05, 0.1) is 10.9 Å². The molecule has 2 aromatic carbocycles. The molecule has 0 radical (unpaired) electrons. The van der Waals surface area contributed by atoms with Gasteiger partial charge in [0.1, 0.15) is 12.4 Å². The minimum atomic E-state index is -3.87.